The first-order valence-corrected chi connectivity index (χ1v) is 17.2. The first kappa shape index (κ1) is 27.9. The summed E-state index contributed by atoms with van der Waals surface area (Å²) in [6, 6.07) is 53.4. The van der Waals surface area contributed by atoms with Crippen LogP contribution in [0.3, 0.4) is 0 Å². The second-order valence-corrected chi connectivity index (χ2v) is 13.5. The van der Waals surface area contributed by atoms with Gasteiger partial charge in [0.25, 0.3) is 0 Å². The van der Waals surface area contributed by atoms with Gasteiger partial charge < -0.3 is 9.47 Å². The lowest BCUT2D eigenvalue weighted by atomic mass is 9.87. The molecule has 0 N–H and O–H groups in total. The van der Waals surface area contributed by atoms with Crippen LogP contribution in [0.4, 0.5) is 17.1 Å². The number of anilines is 3. The van der Waals surface area contributed by atoms with Crippen LogP contribution < -0.4 is 4.90 Å². The van der Waals surface area contributed by atoms with E-state index >= 15 is 0 Å². The van der Waals surface area contributed by atoms with Crippen LogP contribution in [0.1, 0.15) is 24.5 Å². The lowest BCUT2D eigenvalue weighted by Crippen LogP contribution is -2.11. The van der Waals surface area contributed by atoms with E-state index in [0.29, 0.717) is 5.92 Å². The number of para-hydroxylation sites is 1. The molecule has 232 valence electrons. The fourth-order valence-corrected chi connectivity index (χ4v) is 8.38. The van der Waals surface area contributed by atoms with Crippen LogP contribution >= 0.6 is 0 Å². The maximum absolute atomic E-state index is 4.64. The van der Waals surface area contributed by atoms with E-state index in [1.807, 2.05) is 0 Å². The SMILES string of the molecule is C=C1C2=C(C=CCC2C)c2ccc(N(c3ccc4c(c3)c3ccccc3n4-c3ccc4ccccc4c3)c3cccc4ccccc34)cc21. The van der Waals surface area contributed by atoms with Crippen LogP contribution in [-0.4, -0.2) is 4.57 Å². The highest BCUT2D eigenvalue weighted by molar-refractivity contribution is 6.12. The second-order valence-electron chi connectivity index (χ2n) is 13.5. The number of hydrogen-bond acceptors (Lipinski definition) is 1. The zero-order valence-electron chi connectivity index (χ0n) is 27.4. The zero-order chi connectivity index (χ0) is 32.6. The van der Waals surface area contributed by atoms with Crippen LogP contribution in [0.2, 0.25) is 0 Å². The molecule has 49 heavy (non-hydrogen) atoms. The molecule has 0 spiro atoms. The molecule has 2 aliphatic carbocycles. The predicted molar refractivity (Wildman–Crippen MR) is 209 cm³/mol. The van der Waals surface area contributed by atoms with Crippen LogP contribution in [0.25, 0.3) is 60.2 Å². The normalized spacial score (nSPS) is 15.4. The van der Waals surface area contributed by atoms with Crippen LogP contribution in [0.5, 0.6) is 0 Å². The van der Waals surface area contributed by atoms with Crippen molar-refractivity contribution >= 4 is 71.6 Å². The second kappa shape index (κ2) is 10.7. The zero-order valence-corrected chi connectivity index (χ0v) is 27.4. The van der Waals surface area contributed by atoms with Crippen LogP contribution in [0, 0.1) is 5.92 Å². The number of rotatable bonds is 4. The molecule has 0 fully saturated rings. The van der Waals surface area contributed by atoms with E-state index in [4.69, 9.17) is 0 Å². The molecule has 1 atom stereocenters. The van der Waals surface area contributed by atoms with Crippen molar-refractivity contribution in [3.63, 3.8) is 0 Å². The number of benzene rings is 7. The largest absolute Gasteiger partial charge is 0.310 e. The third-order valence-corrected chi connectivity index (χ3v) is 10.7. The van der Waals surface area contributed by atoms with E-state index in [-0.39, 0.29) is 0 Å². The number of fused-ring (bicyclic) bond motifs is 7. The summed E-state index contributed by atoms with van der Waals surface area (Å²) in [5, 5.41) is 7.40. The Morgan fingerprint density at radius 3 is 2.20 bits per heavy atom. The quantitative estimate of drug-likeness (QED) is 0.189. The Bertz CT molecular complexity index is 2730. The number of hydrogen-bond donors (Lipinski definition) is 0. The highest BCUT2D eigenvalue weighted by Gasteiger charge is 2.30. The smallest absolute Gasteiger partial charge is 0.0542 e. The maximum atomic E-state index is 4.64. The standard InChI is InChI=1S/C47H34N2/c1-30-11-9-18-41-39-25-23-36(28-42(39)31(2)47(30)41)48(44-20-10-15-33-13-5-6-16-38(33)44)37-24-26-46-43(29-37)40-17-7-8-19-45(40)49(46)35-22-21-32-12-3-4-14-34(32)27-35/h3-10,12-30H,2,11H2,1H3. The summed E-state index contributed by atoms with van der Waals surface area (Å²) >= 11 is 0. The molecule has 10 rings (SSSR count). The van der Waals surface area contributed by atoms with Crippen molar-refractivity contribution < 1.29 is 0 Å². The topological polar surface area (TPSA) is 8.17 Å². The molecular weight excluding hydrogens is 593 g/mol. The molecule has 1 unspecified atom stereocenters. The van der Waals surface area contributed by atoms with Crippen molar-refractivity contribution in [3.05, 3.63) is 181 Å². The van der Waals surface area contributed by atoms with Crippen LogP contribution in [-0.2, 0) is 0 Å². The molecule has 0 aliphatic heterocycles. The molecule has 0 radical (unpaired) electrons. The lowest BCUT2D eigenvalue weighted by Gasteiger charge is -2.28. The molecule has 2 nitrogen and oxygen atoms in total. The summed E-state index contributed by atoms with van der Waals surface area (Å²) < 4.78 is 2.41. The van der Waals surface area contributed by atoms with Crippen molar-refractivity contribution in [1.82, 2.24) is 4.57 Å². The molecule has 2 heteroatoms. The van der Waals surface area contributed by atoms with E-state index in [9.17, 15) is 0 Å². The van der Waals surface area contributed by atoms with Gasteiger partial charge in [0.15, 0.2) is 0 Å². The van der Waals surface area contributed by atoms with Gasteiger partial charge in [-0.3, -0.25) is 0 Å². The van der Waals surface area contributed by atoms with Gasteiger partial charge in [-0.15, -0.1) is 0 Å². The highest BCUT2D eigenvalue weighted by Crippen LogP contribution is 2.50. The van der Waals surface area contributed by atoms with Crippen molar-refractivity contribution in [2.45, 2.75) is 13.3 Å². The average Bonchev–Trinajstić information content (AvgIpc) is 3.63. The van der Waals surface area contributed by atoms with Gasteiger partial charge in [0, 0.05) is 33.2 Å². The first-order chi connectivity index (χ1) is 24.1. The molecule has 0 saturated carbocycles. The van der Waals surface area contributed by atoms with Gasteiger partial charge in [0.1, 0.15) is 0 Å². The predicted octanol–water partition coefficient (Wildman–Crippen LogP) is 12.9. The molecule has 0 bridgehead atoms. The Morgan fingerprint density at radius 1 is 0.592 bits per heavy atom. The minimum Gasteiger partial charge on any atom is -0.310 e. The number of allylic oxidation sites excluding steroid dienone is 5. The van der Waals surface area contributed by atoms with Gasteiger partial charge in [0.2, 0.25) is 0 Å². The van der Waals surface area contributed by atoms with Crippen molar-refractivity contribution in [2.75, 3.05) is 4.90 Å². The highest BCUT2D eigenvalue weighted by atomic mass is 15.1. The van der Waals surface area contributed by atoms with Gasteiger partial charge in [-0.2, -0.15) is 0 Å². The maximum Gasteiger partial charge on any atom is 0.0542 e. The summed E-state index contributed by atoms with van der Waals surface area (Å²) in [7, 11) is 0. The van der Waals surface area contributed by atoms with Gasteiger partial charge in [-0.1, -0.05) is 117 Å². The van der Waals surface area contributed by atoms with Crippen molar-refractivity contribution in [3.8, 4) is 5.69 Å². The minimum atomic E-state index is 0.472. The number of nitrogens with zero attached hydrogens (tertiary/aromatic N) is 2. The molecule has 2 aliphatic rings. The minimum absolute atomic E-state index is 0.472. The van der Waals surface area contributed by atoms with E-state index < -0.39 is 0 Å². The Kier molecular flexibility index (Phi) is 6.10. The Morgan fingerprint density at radius 2 is 1.31 bits per heavy atom. The molecule has 8 aromatic rings. The molecule has 0 amide bonds. The van der Waals surface area contributed by atoms with Crippen molar-refractivity contribution in [2.24, 2.45) is 5.92 Å². The monoisotopic (exact) mass is 626 g/mol. The fraction of sp³-hybridized carbons (Fsp3) is 0.0638. The van der Waals surface area contributed by atoms with E-state index in [1.165, 1.54) is 71.3 Å². The lowest BCUT2D eigenvalue weighted by molar-refractivity contribution is 0.715. The Balaban J connectivity index is 1.20. The Hall–Kier alpha value is -6.12. The van der Waals surface area contributed by atoms with Gasteiger partial charge in [0.05, 0.1) is 16.7 Å². The summed E-state index contributed by atoms with van der Waals surface area (Å²) in [6.07, 6.45) is 5.67. The fourth-order valence-electron chi connectivity index (χ4n) is 8.38. The average molecular weight is 627 g/mol. The van der Waals surface area contributed by atoms with Crippen LogP contribution in [0.15, 0.2) is 170 Å². The van der Waals surface area contributed by atoms with E-state index in [2.05, 4.69) is 181 Å². The third kappa shape index (κ3) is 4.20. The van der Waals surface area contributed by atoms with E-state index in [0.717, 1.165) is 29.1 Å². The Labute approximate surface area is 286 Å². The summed E-state index contributed by atoms with van der Waals surface area (Å²) in [4.78, 5) is 2.44. The number of aromatic nitrogens is 1. The third-order valence-electron chi connectivity index (χ3n) is 10.7. The summed E-state index contributed by atoms with van der Waals surface area (Å²) in [5.74, 6) is 0.472. The summed E-state index contributed by atoms with van der Waals surface area (Å²) in [5.41, 5.74) is 13.4. The molecule has 1 aromatic heterocycles. The van der Waals surface area contributed by atoms with Gasteiger partial charge >= 0.3 is 0 Å². The molecule has 1 heterocycles. The summed E-state index contributed by atoms with van der Waals surface area (Å²) in [6.45, 7) is 6.96. The molecule has 7 aromatic carbocycles. The van der Waals surface area contributed by atoms with Gasteiger partial charge in [-0.05, 0) is 111 Å². The van der Waals surface area contributed by atoms with E-state index in [1.54, 1.807) is 0 Å². The molecule has 0 saturated heterocycles. The molecular formula is C47H34N2. The van der Waals surface area contributed by atoms with Crippen molar-refractivity contribution in [1.29, 1.82) is 0 Å². The van der Waals surface area contributed by atoms with Gasteiger partial charge in [-0.25, -0.2) is 0 Å². The first-order valence-electron chi connectivity index (χ1n) is 17.2.